The van der Waals surface area contributed by atoms with Crippen LogP contribution in [0.4, 0.5) is 0 Å². The van der Waals surface area contributed by atoms with E-state index in [4.69, 9.17) is 9.84 Å². The molecule has 1 aliphatic carbocycles. The lowest BCUT2D eigenvalue weighted by molar-refractivity contribution is 0.0690. The fraction of sp³-hybridized carbons (Fsp3) is 0.333. The van der Waals surface area contributed by atoms with E-state index in [1.165, 1.54) is 25.3 Å². The Morgan fingerprint density at radius 2 is 2.24 bits per heavy atom. The summed E-state index contributed by atoms with van der Waals surface area (Å²) in [5.74, 6) is 0.467. The summed E-state index contributed by atoms with van der Waals surface area (Å²) in [6.07, 6.45) is 3.81. The highest BCUT2D eigenvalue weighted by molar-refractivity contribution is 9.10. The molecule has 3 rings (SSSR count). The van der Waals surface area contributed by atoms with Crippen molar-refractivity contribution in [1.82, 2.24) is 10.2 Å². The first-order chi connectivity index (χ1) is 10.1. The summed E-state index contributed by atoms with van der Waals surface area (Å²) < 4.78 is 6.65. The van der Waals surface area contributed by atoms with Gasteiger partial charge in [-0.2, -0.15) is 5.10 Å². The zero-order chi connectivity index (χ0) is 14.8. The quantitative estimate of drug-likeness (QED) is 0.861. The molecule has 1 aliphatic rings. The lowest BCUT2D eigenvalue weighted by Gasteiger charge is -2.25. The van der Waals surface area contributed by atoms with E-state index in [-0.39, 0.29) is 5.69 Å². The summed E-state index contributed by atoms with van der Waals surface area (Å²) in [7, 11) is 0. The highest BCUT2D eigenvalue weighted by Gasteiger charge is 2.18. The smallest absolute Gasteiger partial charge is 0.353 e. The van der Waals surface area contributed by atoms with Gasteiger partial charge in [0.05, 0.1) is 16.8 Å². The third kappa shape index (κ3) is 3.10. The Bertz CT molecular complexity index is 665. The second-order valence-electron chi connectivity index (χ2n) is 5.23. The second kappa shape index (κ2) is 5.89. The third-order valence-corrected chi connectivity index (χ3v) is 4.35. The Morgan fingerprint density at radius 3 is 2.81 bits per heavy atom. The van der Waals surface area contributed by atoms with Gasteiger partial charge in [0.15, 0.2) is 0 Å². The molecule has 21 heavy (non-hydrogen) atoms. The SMILES string of the molecule is O=C(O)c1cc(-c2ccc(OCC3CCC3)c(Br)c2)n[nH]1. The van der Waals surface area contributed by atoms with Crippen molar-refractivity contribution in [2.24, 2.45) is 5.92 Å². The Morgan fingerprint density at radius 1 is 1.43 bits per heavy atom. The number of aromatic carboxylic acids is 1. The first kappa shape index (κ1) is 14.1. The molecule has 110 valence electrons. The van der Waals surface area contributed by atoms with Crippen LogP contribution in [-0.4, -0.2) is 27.9 Å². The van der Waals surface area contributed by atoms with E-state index in [1.54, 1.807) is 0 Å². The zero-order valence-corrected chi connectivity index (χ0v) is 12.9. The van der Waals surface area contributed by atoms with Crippen LogP contribution in [0.15, 0.2) is 28.7 Å². The number of nitrogens with zero attached hydrogens (tertiary/aromatic N) is 1. The molecule has 0 unspecified atom stereocenters. The Hall–Kier alpha value is -1.82. The van der Waals surface area contributed by atoms with E-state index in [9.17, 15) is 4.79 Å². The maximum Gasteiger partial charge on any atom is 0.353 e. The molecule has 0 amide bonds. The van der Waals surface area contributed by atoms with Crippen LogP contribution in [0.3, 0.4) is 0 Å². The minimum absolute atomic E-state index is 0.0754. The van der Waals surface area contributed by atoms with Crippen molar-refractivity contribution in [3.05, 3.63) is 34.4 Å². The molecule has 1 heterocycles. The molecule has 6 heteroatoms. The van der Waals surface area contributed by atoms with Crippen molar-refractivity contribution >= 4 is 21.9 Å². The molecule has 2 N–H and O–H groups in total. The largest absolute Gasteiger partial charge is 0.492 e. The van der Waals surface area contributed by atoms with Crippen LogP contribution in [-0.2, 0) is 0 Å². The highest BCUT2D eigenvalue weighted by Crippen LogP contribution is 2.32. The molecule has 1 fully saturated rings. The Labute approximate surface area is 130 Å². The van der Waals surface area contributed by atoms with Gasteiger partial charge in [0.2, 0.25) is 0 Å². The molecule has 0 spiro atoms. The number of carboxylic acid groups (broad SMARTS) is 1. The standard InChI is InChI=1S/C15H15BrN2O3/c16-11-6-10(12-7-13(15(19)20)18-17-12)4-5-14(11)21-8-9-2-1-3-9/h4-7,9H,1-3,8H2,(H,17,18)(H,19,20). The summed E-state index contributed by atoms with van der Waals surface area (Å²) in [5, 5.41) is 15.4. The average Bonchev–Trinajstić information content (AvgIpc) is 2.88. The zero-order valence-electron chi connectivity index (χ0n) is 11.3. The predicted octanol–water partition coefficient (Wildman–Crippen LogP) is 3.72. The number of H-pyrrole nitrogens is 1. The number of benzene rings is 1. The number of nitrogens with one attached hydrogen (secondary N) is 1. The number of rotatable bonds is 5. The predicted molar refractivity (Wildman–Crippen MR) is 81.5 cm³/mol. The minimum Gasteiger partial charge on any atom is -0.492 e. The van der Waals surface area contributed by atoms with Crippen LogP contribution in [0, 0.1) is 5.92 Å². The fourth-order valence-electron chi connectivity index (χ4n) is 2.22. The van der Waals surface area contributed by atoms with E-state index < -0.39 is 5.97 Å². The average molecular weight is 351 g/mol. The van der Waals surface area contributed by atoms with Crippen LogP contribution >= 0.6 is 15.9 Å². The number of ether oxygens (including phenoxy) is 1. The van der Waals surface area contributed by atoms with E-state index in [1.807, 2.05) is 18.2 Å². The lowest BCUT2D eigenvalue weighted by atomic mass is 9.86. The van der Waals surface area contributed by atoms with E-state index in [0.29, 0.717) is 11.6 Å². The number of carboxylic acids is 1. The first-order valence-electron chi connectivity index (χ1n) is 6.85. The minimum atomic E-state index is -1.02. The summed E-state index contributed by atoms with van der Waals surface area (Å²) in [5.41, 5.74) is 1.51. The van der Waals surface area contributed by atoms with Crippen LogP contribution in [0.5, 0.6) is 5.75 Å². The van der Waals surface area contributed by atoms with Crippen molar-refractivity contribution in [2.75, 3.05) is 6.61 Å². The molecule has 0 bridgehead atoms. The molecule has 1 saturated carbocycles. The Balaban J connectivity index is 1.74. The van der Waals surface area contributed by atoms with Crippen molar-refractivity contribution < 1.29 is 14.6 Å². The molecule has 0 radical (unpaired) electrons. The van der Waals surface area contributed by atoms with Crippen molar-refractivity contribution in [2.45, 2.75) is 19.3 Å². The van der Waals surface area contributed by atoms with Gasteiger partial charge in [0, 0.05) is 5.56 Å². The number of carbonyl (C=O) groups is 1. The number of hydrogen-bond donors (Lipinski definition) is 2. The van der Waals surface area contributed by atoms with Crippen molar-refractivity contribution in [1.29, 1.82) is 0 Å². The number of aromatic amines is 1. The molecule has 5 nitrogen and oxygen atoms in total. The Kier molecular flexibility index (Phi) is 3.96. The van der Waals surface area contributed by atoms with Crippen LogP contribution in [0.1, 0.15) is 29.8 Å². The lowest BCUT2D eigenvalue weighted by Crippen LogP contribution is -2.19. The van der Waals surface area contributed by atoms with Gasteiger partial charge in [-0.3, -0.25) is 5.10 Å². The van der Waals surface area contributed by atoms with E-state index >= 15 is 0 Å². The van der Waals surface area contributed by atoms with Crippen LogP contribution in [0.2, 0.25) is 0 Å². The monoisotopic (exact) mass is 350 g/mol. The van der Waals surface area contributed by atoms with E-state index in [2.05, 4.69) is 26.1 Å². The maximum absolute atomic E-state index is 10.8. The topological polar surface area (TPSA) is 75.2 Å². The van der Waals surface area contributed by atoms with Gasteiger partial charge in [0.25, 0.3) is 0 Å². The van der Waals surface area contributed by atoms with Gasteiger partial charge >= 0.3 is 5.97 Å². The van der Waals surface area contributed by atoms with Gasteiger partial charge in [-0.05, 0) is 59.0 Å². The molecular weight excluding hydrogens is 336 g/mol. The fourth-order valence-corrected chi connectivity index (χ4v) is 2.72. The molecular formula is C15H15BrN2O3. The van der Waals surface area contributed by atoms with Gasteiger partial charge in [0.1, 0.15) is 11.4 Å². The maximum atomic E-state index is 10.8. The molecule has 1 aromatic carbocycles. The first-order valence-corrected chi connectivity index (χ1v) is 7.64. The van der Waals surface area contributed by atoms with Gasteiger partial charge < -0.3 is 9.84 Å². The molecule has 1 aromatic heterocycles. The number of halogens is 1. The van der Waals surface area contributed by atoms with Gasteiger partial charge in [-0.25, -0.2) is 4.79 Å². The summed E-state index contributed by atoms with van der Waals surface area (Å²) in [4.78, 5) is 10.8. The summed E-state index contributed by atoms with van der Waals surface area (Å²) in [6.45, 7) is 0.753. The molecule has 2 aromatic rings. The molecule has 0 atom stereocenters. The van der Waals surface area contributed by atoms with Crippen molar-refractivity contribution in [3.8, 4) is 17.0 Å². The van der Waals surface area contributed by atoms with Gasteiger partial charge in [-0.1, -0.05) is 6.42 Å². The number of hydrogen-bond acceptors (Lipinski definition) is 3. The van der Waals surface area contributed by atoms with Crippen LogP contribution < -0.4 is 4.74 Å². The third-order valence-electron chi connectivity index (χ3n) is 3.74. The van der Waals surface area contributed by atoms with Crippen LogP contribution in [0.25, 0.3) is 11.3 Å². The summed E-state index contributed by atoms with van der Waals surface area (Å²) >= 11 is 3.49. The van der Waals surface area contributed by atoms with E-state index in [0.717, 1.165) is 22.4 Å². The summed E-state index contributed by atoms with van der Waals surface area (Å²) in [6, 6.07) is 7.16. The molecule has 0 saturated heterocycles. The van der Waals surface area contributed by atoms with Crippen molar-refractivity contribution in [3.63, 3.8) is 0 Å². The molecule has 0 aliphatic heterocycles. The normalized spacial score (nSPS) is 14.7. The highest BCUT2D eigenvalue weighted by atomic mass is 79.9. The number of aromatic nitrogens is 2. The second-order valence-corrected chi connectivity index (χ2v) is 6.08. The van der Waals surface area contributed by atoms with Gasteiger partial charge in [-0.15, -0.1) is 0 Å².